The Kier molecular flexibility index (Phi) is 1.96. The van der Waals surface area contributed by atoms with Crippen LogP contribution in [0.15, 0.2) is 52.3 Å². The molecule has 0 unspecified atom stereocenters. The summed E-state index contributed by atoms with van der Waals surface area (Å²) in [6.07, 6.45) is 0. The number of benzene rings is 2. The first-order chi connectivity index (χ1) is 7.36. The number of fused-ring (bicyclic) bond motifs is 2. The third kappa shape index (κ3) is 1.33. The van der Waals surface area contributed by atoms with Crippen LogP contribution in [0.1, 0.15) is 0 Å². The van der Waals surface area contributed by atoms with Crippen molar-refractivity contribution in [2.75, 3.05) is 11.9 Å². The van der Waals surface area contributed by atoms with E-state index in [0.29, 0.717) is 0 Å². The summed E-state index contributed by atoms with van der Waals surface area (Å²) in [5.41, 5.74) is 2.54. The molecule has 0 aliphatic carbocycles. The largest absolute Gasteiger partial charge is 0.343 e. The highest BCUT2D eigenvalue weighted by Crippen LogP contribution is 2.46. The van der Waals surface area contributed by atoms with Crippen LogP contribution in [0.25, 0.3) is 0 Å². The van der Waals surface area contributed by atoms with Gasteiger partial charge in [0.1, 0.15) is 0 Å². The molecule has 3 rings (SSSR count). The molecule has 0 aromatic heterocycles. The summed E-state index contributed by atoms with van der Waals surface area (Å²) in [5.74, 6) is 0. The first-order valence-corrected chi connectivity index (χ1v) is 5.68. The second-order valence-corrected chi connectivity index (χ2v) is 4.61. The van der Waals surface area contributed by atoms with E-state index >= 15 is 0 Å². The zero-order valence-corrected chi connectivity index (χ0v) is 9.21. The van der Waals surface area contributed by atoms with E-state index in [0.717, 1.165) is 0 Å². The Morgan fingerprint density at radius 2 is 1.87 bits per heavy atom. The molecule has 1 nitrogen and oxygen atoms in total. The predicted octanol–water partition coefficient (Wildman–Crippen LogP) is 3.72. The Morgan fingerprint density at radius 1 is 1.07 bits per heavy atom. The number of anilines is 2. The highest BCUT2D eigenvalue weighted by atomic mass is 32.2. The van der Waals surface area contributed by atoms with Gasteiger partial charge >= 0.3 is 0 Å². The normalized spacial score (nSPS) is 13.3. The van der Waals surface area contributed by atoms with Crippen LogP contribution in [0.3, 0.4) is 0 Å². The Hall–Kier alpha value is -1.41. The Labute approximate surface area is 93.7 Å². The van der Waals surface area contributed by atoms with Crippen molar-refractivity contribution in [3.63, 3.8) is 0 Å². The van der Waals surface area contributed by atoms with Gasteiger partial charge in [-0.2, -0.15) is 0 Å². The first kappa shape index (κ1) is 8.86. The molecule has 73 valence electrons. The van der Waals surface area contributed by atoms with Gasteiger partial charge in [0, 0.05) is 16.8 Å². The predicted molar refractivity (Wildman–Crippen MR) is 63.9 cm³/mol. The molecule has 0 N–H and O–H groups in total. The fraction of sp³-hybridized carbons (Fsp3) is 0.0769. The highest BCUT2D eigenvalue weighted by molar-refractivity contribution is 7.99. The molecule has 2 heteroatoms. The summed E-state index contributed by atoms with van der Waals surface area (Å²) < 4.78 is 0. The molecule has 15 heavy (non-hydrogen) atoms. The van der Waals surface area contributed by atoms with E-state index < -0.39 is 0 Å². The SMILES string of the molecule is CN1c2cc[c]cc2Sc2ccccc21. The van der Waals surface area contributed by atoms with Gasteiger partial charge in [-0.3, -0.25) is 0 Å². The van der Waals surface area contributed by atoms with E-state index in [1.165, 1.54) is 21.2 Å². The van der Waals surface area contributed by atoms with Crippen LogP contribution in [0.4, 0.5) is 11.4 Å². The Morgan fingerprint density at radius 3 is 2.80 bits per heavy atom. The van der Waals surface area contributed by atoms with Gasteiger partial charge in [-0.05, 0) is 30.3 Å². The molecule has 2 aromatic rings. The standard InChI is InChI=1S/C13H10NS/c1-14-10-6-2-4-8-12(10)15-13-9-5-3-7-11(13)14/h2-4,6-9H,1H3. The van der Waals surface area contributed by atoms with Crippen LogP contribution in [-0.2, 0) is 0 Å². The summed E-state index contributed by atoms with van der Waals surface area (Å²) in [5, 5.41) is 0. The molecular weight excluding hydrogens is 202 g/mol. The van der Waals surface area contributed by atoms with E-state index in [1.54, 1.807) is 0 Å². The average Bonchev–Trinajstić information content (AvgIpc) is 2.30. The molecule has 0 bridgehead atoms. The lowest BCUT2D eigenvalue weighted by Crippen LogP contribution is -2.14. The summed E-state index contributed by atoms with van der Waals surface area (Å²) in [6, 6.07) is 17.7. The van der Waals surface area contributed by atoms with Gasteiger partial charge < -0.3 is 4.90 Å². The van der Waals surface area contributed by atoms with E-state index in [2.05, 4.69) is 48.3 Å². The maximum absolute atomic E-state index is 3.12. The zero-order chi connectivity index (χ0) is 10.3. The van der Waals surface area contributed by atoms with E-state index in [1.807, 2.05) is 23.9 Å². The Balaban J connectivity index is 2.20. The fourth-order valence-corrected chi connectivity index (χ4v) is 2.96. The summed E-state index contributed by atoms with van der Waals surface area (Å²) in [6.45, 7) is 0. The molecule has 0 amide bonds. The van der Waals surface area contributed by atoms with Crippen LogP contribution in [0.2, 0.25) is 0 Å². The van der Waals surface area contributed by atoms with E-state index in [-0.39, 0.29) is 0 Å². The molecule has 0 saturated carbocycles. The van der Waals surface area contributed by atoms with Gasteiger partial charge in [0.25, 0.3) is 0 Å². The van der Waals surface area contributed by atoms with Crippen LogP contribution >= 0.6 is 11.8 Å². The molecule has 1 aliphatic heterocycles. The topological polar surface area (TPSA) is 3.24 Å². The number of hydrogen-bond donors (Lipinski definition) is 0. The van der Waals surface area contributed by atoms with Crippen molar-refractivity contribution in [1.29, 1.82) is 0 Å². The second kappa shape index (κ2) is 3.31. The van der Waals surface area contributed by atoms with Crippen molar-refractivity contribution < 1.29 is 0 Å². The maximum Gasteiger partial charge on any atom is 0.0550 e. The molecule has 2 aromatic carbocycles. The molecule has 1 heterocycles. The third-order valence-electron chi connectivity index (χ3n) is 2.61. The van der Waals surface area contributed by atoms with Crippen LogP contribution in [-0.4, -0.2) is 7.05 Å². The van der Waals surface area contributed by atoms with Gasteiger partial charge in [-0.25, -0.2) is 0 Å². The van der Waals surface area contributed by atoms with Gasteiger partial charge in [-0.15, -0.1) is 0 Å². The number of para-hydroxylation sites is 1. The van der Waals surface area contributed by atoms with Crippen LogP contribution < -0.4 is 4.90 Å². The van der Waals surface area contributed by atoms with Crippen molar-refractivity contribution in [2.45, 2.75) is 9.79 Å². The lowest BCUT2D eigenvalue weighted by atomic mass is 10.2. The van der Waals surface area contributed by atoms with Crippen molar-refractivity contribution in [2.24, 2.45) is 0 Å². The van der Waals surface area contributed by atoms with Crippen molar-refractivity contribution in [1.82, 2.24) is 0 Å². The van der Waals surface area contributed by atoms with Gasteiger partial charge in [0.15, 0.2) is 0 Å². The van der Waals surface area contributed by atoms with Gasteiger partial charge in [0.2, 0.25) is 0 Å². The molecule has 0 fully saturated rings. The van der Waals surface area contributed by atoms with E-state index in [9.17, 15) is 0 Å². The summed E-state index contributed by atoms with van der Waals surface area (Å²) in [7, 11) is 2.11. The lowest BCUT2D eigenvalue weighted by molar-refractivity contribution is 1.11. The van der Waals surface area contributed by atoms with Gasteiger partial charge in [0.05, 0.1) is 11.4 Å². The number of nitrogens with zero attached hydrogens (tertiary/aromatic N) is 1. The van der Waals surface area contributed by atoms with Crippen molar-refractivity contribution in [3.8, 4) is 0 Å². The molecule has 0 atom stereocenters. The van der Waals surface area contributed by atoms with Crippen LogP contribution in [0, 0.1) is 6.07 Å². The highest BCUT2D eigenvalue weighted by Gasteiger charge is 2.18. The molecule has 0 saturated heterocycles. The second-order valence-electron chi connectivity index (χ2n) is 3.52. The minimum atomic E-state index is 1.26. The maximum atomic E-state index is 3.12. The molecule has 1 aliphatic rings. The number of rotatable bonds is 0. The minimum absolute atomic E-state index is 1.26. The zero-order valence-electron chi connectivity index (χ0n) is 8.40. The van der Waals surface area contributed by atoms with Crippen molar-refractivity contribution >= 4 is 23.1 Å². The van der Waals surface area contributed by atoms with Crippen molar-refractivity contribution in [3.05, 3.63) is 48.5 Å². The molecule has 1 radical (unpaired) electrons. The first-order valence-electron chi connectivity index (χ1n) is 4.87. The van der Waals surface area contributed by atoms with Crippen LogP contribution in [0.5, 0.6) is 0 Å². The summed E-state index contributed by atoms with van der Waals surface area (Å²) >= 11 is 1.81. The Bertz CT molecular complexity index is 462. The molecule has 0 spiro atoms. The number of hydrogen-bond acceptors (Lipinski definition) is 2. The third-order valence-corrected chi connectivity index (χ3v) is 3.72. The fourth-order valence-electron chi connectivity index (χ4n) is 1.83. The average molecular weight is 212 g/mol. The monoisotopic (exact) mass is 212 g/mol. The smallest absolute Gasteiger partial charge is 0.0550 e. The minimum Gasteiger partial charge on any atom is -0.343 e. The summed E-state index contributed by atoms with van der Waals surface area (Å²) in [4.78, 5) is 4.82. The molecular formula is C13H10NS. The van der Waals surface area contributed by atoms with E-state index in [4.69, 9.17) is 0 Å². The lowest BCUT2D eigenvalue weighted by Gasteiger charge is -2.28. The van der Waals surface area contributed by atoms with Gasteiger partial charge in [-0.1, -0.05) is 30.0 Å². The quantitative estimate of drug-likeness (QED) is 0.654.